The van der Waals surface area contributed by atoms with Crippen molar-refractivity contribution in [2.45, 2.75) is 24.7 Å². The highest BCUT2D eigenvalue weighted by Gasteiger charge is 2.42. The Morgan fingerprint density at radius 3 is 2.34 bits per heavy atom. The fourth-order valence-corrected chi connectivity index (χ4v) is 4.53. The Morgan fingerprint density at radius 2 is 1.72 bits per heavy atom. The van der Waals surface area contributed by atoms with Crippen molar-refractivity contribution in [3.8, 4) is 23.3 Å². The summed E-state index contributed by atoms with van der Waals surface area (Å²) >= 11 is 0. The third kappa shape index (κ3) is 3.44. The van der Waals surface area contributed by atoms with Gasteiger partial charge < -0.3 is 24.7 Å². The highest BCUT2D eigenvalue weighted by Crippen LogP contribution is 2.51. The van der Waals surface area contributed by atoms with Crippen LogP contribution in [0.1, 0.15) is 35.8 Å². The van der Waals surface area contributed by atoms with Gasteiger partial charge in [0.05, 0.1) is 27.2 Å². The van der Waals surface area contributed by atoms with E-state index in [1.165, 1.54) is 21.3 Å². The van der Waals surface area contributed by atoms with E-state index in [1.807, 2.05) is 30.3 Å². The lowest BCUT2D eigenvalue weighted by Crippen LogP contribution is -2.30. The van der Waals surface area contributed by atoms with Crippen LogP contribution in [0.2, 0.25) is 0 Å². The van der Waals surface area contributed by atoms with E-state index in [9.17, 15) is 10.1 Å². The number of hydrogen-bond donors (Lipinski definition) is 1. The Morgan fingerprint density at radius 1 is 1.00 bits per heavy atom. The average molecular weight is 432 g/mol. The summed E-state index contributed by atoms with van der Waals surface area (Å²) in [5, 5.41) is 9.89. The Labute approximate surface area is 186 Å². The minimum Gasteiger partial charge on any atom is -0.493 e. The SMILES string of the molecule is COc1ccc([C@@H]2C(C#N)=C(N)OC3=C2C(=O)C[C@H](c2ccccc2)C3)c(OC)c1OC. The molecule has 0 unspecified atom stereocenters. The molecule has 2 aromatic carbocycles. The second kappa shape index (κ2) is 8.67. The first-order valence-electron chi connectivity index (χ1n) is 10.2. The summed E-state index contributed by atoms with van der Waals surface area (Å²) < 4.78 is 22.4. The molecule has 0 bridgehead atoms. The molecule has 164 valence electrons. The minimum absolute atomic E-state index is 0.00500. The second-order valence-electron chi connectivity index (χ2n) is 7.62. The highest BCUT2D eigenvalue weighted by molar-refractivity contribution is 6.00. The first-order valence-corrected chi connectivity index (χ1v) is 10.2. The molecule has 1 heterocycles. The molecule has 0 saturated heterocycles. The molecular formula is C25H24N2O5. The highest BCUT2D eigenvalue weighted by atomic mass is 16.5. The topological polar surface area (TPSA) is 104 Å². The molecule has 1 aliphatic heterocycles. The number of nitrogens with two attached hydrogens (primary N) is 1. The van der Waals surface area contributed by atoms with E-state index in [2.05, 4.69) is 6.07 Å². The van der Waals surface area contributed by atoms with Gasteiger partial charge >= 0.3 is 0 Å². The number of carbonyl (C=O) groups excluding carboxylic acids is 1. The van der Waals surface area contributed by atoms with E-state index in [4.69, 9.17) is 24.7 Å². The molecule has 32 heavy (non-hydrogen) atoms. The van der Waals surface area contributed by atoms with Gasteiger partial charge in [-0.1, -0.05) is 36.4 Å². The number of hydrogen-bond acceptors (Lipinski definition) is 7. The van der Waals surface area contributed by atoms with E-state index < -0.39 is 5.92 Å². The Balaban J connectivity index is 1.87. The molecule has 1 aliphatic carbocycles. The van der Waals surface area contributed by atoms with Crippen LogP contribution in [0, 0.1) is 11.3 Å². The van der Waals surface area contributed by atoms with Crippen LogP contribution in [0.25, 0.3) is 0 Å². The summed E-state index contributed by atoms with van der Waals surface area (Å²) in [6.07, 6.45) is 0.827. The standard InChI is InChI=1S/C25H24N2O5/c1-29-19-10-9-16(23(30-2)24(19)31-3)21-17(13-26)25(27)32-20-12-15(11-18(28)22(20)21)14-7-5-4-6-8-14/h4-10,15,21H,11-12,27H2,1-3H3/t15-,21+/m0/s1. The Hall–Kier alpha value is -3.92. The van der Waals surface area contributed by atoms with Crippen molar-refractivity contribution < 1.29 is 23.7 Å². The Bertz CT molecular complexity index is 1160. The first kappa shape index (κ1) is 21.3. The van der Waals surface area contributed by atoms with Crippen LogP contribution in [-0.2, 0) is 9.53 Å². The van der Waals surface area contributed by atoms with E-state index >= 15 is 0 Å². The molecule has 0 radical (unpaired) electrons. The van der Waals surface area contributed by atoms with E-state index in [0.29, 0.717) is 47.0 Å². The molecule has 0 fully saturated rings. The van der Waals surface area contributed by atoms with Crippen molar-refractivity contribution in [1.29, 1.82) is 5.26 Å². The van der Waals surface area contributed by atoms with Crippen LogP contribution >= 0.6 is 0 Å². The maximum atomic E-state index is 13.4. The molecule has 0 saturated carbocycles. The smallest absolute Gasteiger partial charge is 0.205 e. The van der Waals surface area contributed by atoms with Crippen LogP contribution in [0.3, 0.4) is 0 Å². The molecule has 0 spiro atoms. The maximum absolute atomic E-state index is 13.4. The van der Waals surface area contributed by atoms with Gasteiger partial charge in [-0.2, -0.15) is 5.26 Å². The first-order chi connectivity index (χ1) is 15.5. The van der Waals surface area contributed by atoms with Gasteiger partial charge in [-0.15, -0.1) is 0 Å². The number of benzene rings is 2. The number of nitriles is 1. The quantitative estimate of drug-likeness (QED) is 0.764. The summed E-state index contributed by atoms with van der Waals surface area (Å²) in [5.74, 6) is 0.898. The van der Waals surface area contributed by atoms with Crippen molar-refractivity contribution in [2.75, 3.05) is 21.3 Å². The zero-order chi connectivity index (χ0) is 22.8. The molecular weight excluding hydrogens is 408 g/mol. The predicted octanol–water partition coefficient (Wildman–Crippen LogP) is 3.92. The summed E-state index contributed by atoms with van der Waals surface area (Å²) in [4.78, 5) is 13.4. The zero-order valence-corrected chi connectivity index (χ0v) is 18.2. The summed E-state index contributed by atoms with van der Waals surface area (Å²) in [5.41, 5.74) is 8.42. The monoisotopic (exact) mass is 432 g/mol. The van der Waals surface area contributed by atoms with E-state index in [0.717, 1.165) is 5.56 Å². The largest absolute Gasteiger partial charge is 0.493 e. The lowest BCUT2D eigenvalue weighted by Gasteiger charge is -2.34. The number of ether oxygens (including phenoxy) is 4. The third-order valence-electron chi connectivity index (χ3n) is 5.98. The molecule has 7 nitrogen and oxygen atoms in total. The zero-order valence-electron chi connectivity index (χ0n) is 18.2. The average Bonchev–Trinajstić information content (AvgIpc) is 2.82. The molecule has 2 aromatic rings. The fraction of sp³-hybridized carbons (Fsp3) is 0.280. The van der Waals surface area contributed by atoms with Gasteiger partial charge in [-0.3, -0.25) is 4.79 Å². The number of allylic oxidation sites excluding steroid dienone is 3. The summed E-state index contributed by atoms with van der Waals surface area (Å²) in [7, 11) is 4.53. The molecule has 2 aliphatic rings. The van der Waals surface area contributed by atoms with Crippen LogP contribution < -0.4 is 19.9 Å². The number of nitrogens with zero attached hydrogens (tertiary/aromatic N) is 1. The van der Waals surface area contributed by atoms with Crippen molar-refractivity contribution in [3.63, 3.8) is 0 Å². The lowest BCUT2D eigenvalue weighted by atomic mass is 9.73. The van der Waals surface area contributed by atoms with Crippen molar-refractivity contribution >= 4 is 5.78 Å². The van der Waals surface area contributed by atoms with Gasteiger partial charge in [0.25, 0.3) is 0 Å². The van der Waals surface area contributed by atoms with Crippen LogP contribution in [0.4, 0.5) is 0 Å². The number of carbonyl (C=O) groups is 1. The molecule has 2 N–H and O–H groups in total. The van der Waals surface area contributed by atoms with Crippen LogP contribution in [0.15, 0.2) is 65.3 Å². The summed E-state index contributed by atoms with van der Waals surface area (Å²) in [6.45, 7) is 0. The van der Waals surface area contributed by atoms with Crippen LogP contribution in [0.5, 0.6) is 17.2 Å². The summed E-state index contributed by atoms with van der Waals surface area (Å²) in [6, 6.07) is 15.5. The van der Waals surface area contributed by atoms with Gasteiger partial charge in [0.1, 0.15) is 17.4 Å². The molecule has 0 aromatic heterocycles. The number of Topliss-reactive ketones (excluding diaryl/α,β-unsaturated/α-hetero) is 1. The normalized spacial score (nSPS) is 20.2. The lowest BCUT2D eigenvalue weighted by molar-refractivity contribution is -0.117. The fourth-order valence-electron chi connectivity index (χ4n) is 4.53. The van der Waals surface area contributed by atoms with Gasteiger partial charge in [-0.25, -0.2) is 0 Å². The predicted molar refractivity (Wildman–Crippen MR) is 117 cm³/mol. The molecule has 7 heteroatoms. The minimum atomic E-state index is -0.720. The third-order valence-corrected chi connectivity index (χ3v) is 5.98. The van der Waals surface area contributed by atoms with Gasteiger partial charge in [0.2, 0.25) is 11.6 Å². The molecule has 4 rings (SSSR count). The number of ketones is 1. The van der Waals surface area contributed by atoms with Gasteiger partial charge in [-0.05, 0) is 17.5 Å². The van der Waals surface area contributed by atoms with E-state index in [1.54, 1.807) is 12.1 Å². The van der Waals surface area contributed by atoms with Gasteiger partial charge in [0.15, 0.2) is 17.3 Å². The van der Waals surface area contributed by atoms with Crippen molar-refractivity contribution in [2.24, 2.45) is 5.73 Å². The Kier molecular flexibility index (Phi) is 5.78. The molecule has 2 atom stereocenters. The van der Waals surface area contributed by atoms with Gasteiger partial charge in [0, 0.05) is 24.0 Å². The maximum Gasteiger partial charge on any atom is 0.205 e. The molecule has 0 amide bonds. The van der Waals surface area contributed by atoms with Crippen LogP contribution in [-0.4, -0.2) is 27.1 Å². The van der Waals surface area contributed by atoms with E-state index in [-0.39, 0.29) is 23.2 Å². The second-order valence-corrected chi connectivity index (χ2v) is 7.62. The number of rotatable bonds is 5. The van der Waals surface area contributed by atoms with Crippen molar-refractivity contribution in [1.82, 2.24) is 0 Å². The van der Waals surface area contributed by atoms with Crippen molar-refractivity contribution in [3.05, 3.63) is 76.4 Å². The number of methoxy groups -OCH3 is 3.